The zero-order valence-electron chi connectivity index (χ0n) is 19.3. The first kappa shape index (κ1) is 20.1. The Morgan fingerprint density at radius 3 is 2.28 bits per heavy atom. The van der Waals surface area contributed by atoms with Gasteiger partial charge in [0.2, 0.25) is 0 Å². The van der Waals surface area contributed by atoms with Crippen molar-refractivity contribution in [1.29, 1.82) is 0 Å². The van der Waals surface area contributed by atoms with Crippen molar-refractivity contribution in [2.45, 2.75) is 31.8 Å². The van der Waals surface area contributed by atoms with E-state index >= 15 is 0 Å². The van der Waals surface area contributed by atoms with E-state index < -0.39 is 0 Å². The number of piperazine rings is 1. The normalized spacial score (nSPS) is 21.4. The lowest BCUT2D eigenvalue weighted by Gasteiger charge is -2.45. The summed E-state index contributed by atoms with van der Waals surface area (Å²) >= 11 is 0. The minimum Gasteiger partial charge on any atom is -0.497 e. The van der Waals surface area contributed by atoms with Crippen LogP contribution in [0.4, 0.5) is 0 Å². The van der Waals surface area contributed by atoms with Crippen LogP contribution in [0.5, 0.6) is 17.2 Å². The summed E-state index contributed by atoms with van der Waals surface area (Å²) in [7, 11) is 5.16. The van der Waals surface area contributed by atoms with Crippen molar-refractivity contribution in [2.75, 3.05) is 47.5 Å². The molecule has 32 heavy (non-hydrogen) atoms. The molecule has 1 saturated heterocycles. The van der Waals surface area contributed by atoms with Crippen LogP contribution in [-0.2, 0) is 13.0 Å². The van der Waals surface area contributed by atoms with Crippen LogP contribution in [-0.4, -0.2) is 63.4 Å². The number of rotatable bonds is 5. The number of methoxy groups -OCH3 is 3. The molecule has 3 aliphatic rings. The van der Waals surface area contributed by atoms with Crippen molar-refractivity contribution in [3.05, 3.63) is 41.5 Å². The highest BCUT2D eigenvalue weighted by atomic mass is 16.5. The predicted octanol–water partition coefficient (Wildman–Crippen LogP) is 4.47. The van der Waals surface area contributed by atoms with Gasteiger partial charge in [-0.1, -0.05) is 6.07 Å². The zero-order valence-corrected chi connectivity index (χ0v) is 19.3. The largest absolute Gasteiger partial charge is 0.497 e. The molecule has 1 atom stereocenters. The average molecular weight is 433 g/mol. The molecule has 0 radical (unpaired) electrons. The van der Waals surface area contributed by atoms with Crippen LogP contribution in [0.1, 0.15) is 24.0 Å². The molecule has 0 spiro atoms. The van der Waals surface area contributed by atoms with Gasteiger partial charge in [0.05, 0.1) is 21.3 Å². The van der Waals surface area contributed by atoms with Gasteiger partial charge in [0.1, 0.15) is 5.75 Å². The summed E-state index contributed by atoms with van der Waals surface area (Å²) in [6.45, 7) is 5.86. The Morgan fingerprint density at radius 2 is 1.56 bits per heavy atom. The summed E-state index contributed by atoms with van der Waals surface area (Å²) in [6.07, 6.45) is 3.94. The van der Waals surface area contributed by atoms with Gasteiger partial charge in [-0.05, 0) is 82.1 Å². The molecule has 3 aromatic carbocycles. The molecule has 5 nitrogen and oxygen atoms in total. The van der Waals surface area contributed by atoms with Crippen molar-refractivity contribution in [3.8, 4) is 17.2 Å². The minimum atomic E-state index is 0.585. The van der Waals surface area contributed by atoms with E-state index in [1.54, 1.807) is 21.3 Å². The average Bonchev–Trinajstić information content (AvgIpc) is 3.65. The van der Waals surface area contributed by atoms with Gasteiger partial charge in [-0.15, -0.1) is 0 Å². The molecule has 1 aliphatic carbocycles. The number of fused-ring (bicyclic) bond motifs is 7. The Kier molecular flexibility index (Phi) is 4.92. The van der Waals surface area contributed by atoms with E-state index in [-0.39, 0.29) is 0 Å². The van der Waals surface area contributed by atoms with Crippen LogP contribution >= 0.6 is 0 Å². The van der Waals surface area contributed by atoms with Crippen LogP contribution in [0, 0.1) is 5.92 Å². The summed E-state index contributed by atoms with van der Waals surface area (Å²) in [6, 6.07) is 11.4. The molecular formula is C27H32N2O3. The Labute approximate surface area is 189 Å². The number of nitrogens with zero attached hydrogens (tertiary/aromatic N) is 2. The summed E-state index contributed by atoms with van der Waals surface area (Å²) in [5.74, 6) is 3.41. The van der Waals surface area contributed by atoms with Crippen LogP contribution in [0.3, 0.4) is 0 Å². The number of ether oxygens (including phenoxy) is 3. The van der Waals surface area contributed by atoms with E-state index in [2.05, 4.69) is 40.1 Å². The van der Waals surface area contributed by atoms with Crippen molar-refractivity contribution in [1.82, 2.24) is 9.80 Å². The highest BCUT2D eigenvalue weighted by Crippen LogP contribution is 2.43. The van der Waals surface area contributed by atoms with Gasteiger partial charge in [0.25, 0.3) is 0 Å². The Bertz CT molecular complexity index is 1190. The third-order valence-electron chi connectivity index (χ3n) is 7.76. The molecule has 3 aromatic rings. The second kappa shape index (κ2) is 7.82. The fourth-order valence-electron chi connectivity index (χ4n) is 5.86. The van der Waals surface area contributed by atoms with Crippen molar-refractivity contribution >= 4 is 21.5 Å². The summed E-state index contributed by atoms with van der Waals surface area (Å²) in [4.78, 5) is 5.42. The first-order valence-corrected chi connectivity index (χ1v) is 11.8. The number of benzene rings is 3. The molecule has 0 bridgehead atoms. The van der Waals surface area contributed by atoms with E-state index in [4.69, 9.17) is 14.2 Å². The lowest BCUT2D eigenvalue weighted by Crippen LogP contribution is -2.55. The van der Waals surface area contributed by atoms with Gasteiger partial charge >= 0.3 is 0 Å². The van der Waals surface area contributed by atoms with E-state index in [1.807, 2.05) is 0 Å². The fourth-order valence-corrected chi connectivity index (χ4v) is 5.86. The number of hydrogen-bond donors (Lipinski definition) is 0. The van der Waals surface area contributed by atoms with Crippen molar-refractivity contribution < 1.29 is 14.2 Å². The summed E-state index contributed by atoms with van der Waals surface area (Å²) in [5, 5.41) is 5.07. The maximum absolute atomic E-state index is 5.70. The van der Waals surface area contributed by atoms with Gasteiger partial charge in [-0.3, -0.25) is 4.90 Å². The third kappa shape index (κ3) is 3.30. The number of hydrogen-bond acceptors (Lipinski definition) is 5. The molecule has 5 heteroatoms. The molecule has 2 heterocycles. The SMILES string of the molecule is COc1ccc2c3c(c4cc(OC)c(OC)cc4c2c1)C[C@H]1CN(CC2CC2)CCN1C3. The summed E-state index contributed by atoms with van der Waals surface area (Å²) < 4.78 is 16.9. The lowest BCUT2D eigenvalue weighted by atomic mass is 9.84. The van der Waals surface area contributed by atoms with Crippen molar-refractivity contribution in [2.24, 2.45) is 5.92 Å². The molecule has 0 amide bonds. The smallest absolute Gasteiger partial charge is 0.161 e. The first-order chi connectivity index (χ1) is 15.7. The van der Waals surface area contributed by atoms with E-state index in [1.165, 1.54) is 71.7 Å². The van der Waals surface area contributed by atoms with E-state index in [0.29, 0.717) is 6.04 Å². The van der Waals surface area contributed by atoms with Gasteiger partial charge < -0.3 is 19.1 Å². The van der Waals surface area contributed by atoms with Crippen LogP contribution in [0.15, 0.2) is 30.3 Å². The second-order valence-electron chi connectivity index (χ2n) is 9.65. The van der Waals surface area contributed by atoms with Gasteiger partial charge in [0, 0.05) is 38.8 Å². The Hall–Kier alpha value is -2.50. The first-order valence-electron chi connectivity index (χ1n) is 11.8. The molecule has 2 fully saturated rings. The van der Waals surface area contributed by atoms with E-state index in [9.17, 15) is 0 Å². The monoisotopic (exact) mass is 432 g/mol. The fraction of sp³-hybridized carbons (Fsp3) is 0.481. The highest BCUT2D eigenvalue weighted by Gasteiger charge is 2.35. The topological polar surface area (TPSA) is 34.2 Å². The predicted molar refractivity (Wildman–Crippen MR) is 128 cm³/mol. The van der Waals surface area contributed by atoms with Crippen LogP contribution in [0.25, 0.3) is 21.5 Å². The molecule has 0 N–H and O–H groups in total. The molecule has 1 saturated carbocycles. The second-order valence-corrected chi connectivity index (χ2v) is 9.65. The maximum Gasteiger partial charge on any atom is 0.161 e. The third-order valence-corrected chi connectivity index (χ3v) is 7.76. The quantitative estimate of drug-likeness (QED) is 0.556. The zero-order chi connectivity index (χ0) is 21.8. The van der Waals surface area contributed by atoms with Gasteiger partial charge in [0.15, 0.2) is 11.5 Å². The highest BCUT2D eigenvalue weighted by molar-refractivity contribution is 6.12. The maximum atomic E-state index is 5.70. The van der Waals surface area contributed by atoms with Crippen LogP contribution in [0.2, 0.25) is 0 Å². The van der Waals surface area contributed by atoms with E-state index in [0.717, 1.165) is 36.1 Å². The lowest BCUT2D eigenvalue weighted by molar-refractivity contribution is 0.0591. The minimum absolute atomic E-state index is 0.585. The van der Waals surface area contributed by atoms with Gasteiger partial charge in [-0.2, -0.15) is 0 Å². The standard InChI is InChI=1S/C27H32N2O3/c1-30-19-6-7-20-22(11-19)24-13-27(32-3)26(31-2)12-23(24)21-10-18-15-28(14-17-4-5-17)8-9-29(18)16-25(20)21/h6-7,11-13,17-18H,4-5,8-10,14-16H2,1-3H3/t18-/m0/s1. The Balaban J connectivity index is 1.51. The molecule has 2 aliphatic heterocycles. The van der Waals surface area contributed by atoms with Crippen molar-refractivity contribution in [3.63, 3.8) is 0 Å². The van der Waals surface area contributed by atoms with Crippen LogP contribution < -0.4 is 14.2 Å². The van der Waals surface area contributed by atoms with Gasteiger partial charge in [-0.25, -0.2) is 0 Å². The summed E-state index contributed by atoms with van der Waals surface area (Å²) in [5.41, 5.74) is 2.95. The molecular weight excluding hydrogens is 400 g/mol. The molecule has 6 rings (SSSR count). The Morgan fingerprint density at radius 1 is 0.812 bits per heavy atom. The molecule has 0 unspecified atom stereocenters. The molecule has 168 valence electrons. The molecule has 0 aromatic heterocycles.